The maximum Gasteiger partial charge on any atom is 0.433 e. The van der Waals surface area contributed by atoms with E-state index < -0.39 is 11.9 Å². The van der Waals surface area contributed by atoms with E-state index in [9.17, 15) is 18.4 Å². The molecule has 5 aromatic carbocycles. The summed E-state index contributed by atoms with van der Waals surface area (Å²) in [5, 5.41) is 21.1. The molecule has 0 aliphatic heterocycles. The van der Waals surface area contributed by atoms with Gasteiger partial charge in [0.2, 0.25) is 6.19 Å². The number of aromatic nitrogens is 2. The standard InChI is InChI=1S/C34H17F3N6/c1-18-11-21(7-9-40-18)19-3-6-24-26-15-29-25(16-30(26)33(43-39-2)28(24)13-19)23-5-4-20(12-27(23)32(29)42-17-38)22-8-10-41-31(14-22)34(35,36)37/h3-16H,1H3/b42-32?,43-33+. The Bertz CT molecular complexity index is 2490. The Hall–Kier alpha value is -5.93. The van der Waals surface area contributed by atoms with Crippen LogP contribution in [0.4, 0.5) is 13.2 Å². The summed E-state index contributed by atoms with van der Waals surface area (Å²) >= 11 is 0. The molecule has 0 N–H and O–H groups in total. The molecule has 0 aliphatic carbocycles. The summed E-state index contributed by atoms with van der Waals surface area (Å²) in [6, 6.07) is 21.7. The van der Waals surface area contributed by atoms with Gasteiger partial charge >= 0.3 is 6.18 Å². The summed E-state index contributed by atoms with van der Waals surface area (Å²) in [7, 11) is 0. The van der Waals surface area contributed by atoms with Crippen LogP contribution in [0.25, 0.3) is 70.3 Å². The maximum absolute atomic E-state index is 13.3. The molecule has 7 rings (SSSR count). The molecule has 43 heavy (non-hydrogen) atoms. The Balaban J connectivity index is 1.51. The minimum atomic E-state index is -4.57. The molecule has 7 aromatic rings. The SMILES string of the molecule is [C-]#[N+]/N=c1\c2cc(-c3ccnc(C)c3)ccc2c2cc3c(=NC#N)c4cc(-c5ccnc(C(F)(F)F)c5)ccc4c3cc12. The second-order valence-corrected chi connectivity index (χ2v) is 10.2. The second kappa shape index (κ2) is 9.57. The molecule has 0 unspecified atom stereocenters. The fourth-order valence-electron chi connectivity index (χ4n) is 5.85. The molecule has 0 fully saturated rings. The van der Waals surface area contributed by atoms with Crippen LogP contribution in [0.3, 0.4) is 0 Å². The van der Waals surface area contributed by atoms with Gasteiger partial charge in [0.1, 0.15) is 5.69 Å². The molecule has 0 saturated carbocycles. The van der Waals surface area contributed by atoms with Crippen molar-refractivity contribution in [2.45, 2.75) is 13.1 Å². The van der Waals surface area contributed by atoms with Crippen LogP contribution in [0.5, 0.6) is 0 Å². The van der Waals surface area contributed by atoms with Crippen LogP contribution in [-0.2, 0) is 6.18 Å². The van der Waals surface area contributed by atoms with Gasteiger partial charge in [-0.2, -0.15) is 30.0 Å². The first-order valence-corrected chi connectivity index (χ1v) is 13.1. The number of halogens is 3. The highest BCUT2D eigenvalue weighted by molar-refractivity contribution is 6.21. The number of rotatable bonds is 2. The van der Waals surface area contributed by atoms with Crippen molar-refractivity contribution >= 4 is 43.1 Å². The number of pyridine rings is 2. The van der Waals surface area contributed by atoms with Crippen molar-refractivity contribution in [3.63, 3.8) is 0 Å². The lowest BCUT2D eigenvalue weighted by atomic mass is 10.0. The zero-order chi connectivity index (χ0) is 29.9. The molecule has 0 amide bonds. The van der Waals surface area contributed by atoms with Gasteiger partial charge in [-0.05, 0) is 99.3 Å². The number of aryl methyl sites for hydroxylation is 1. The first-order chi connectivity index (χ1) is 20.8. The summed E-state index contributed by atoms with van der Waals surface area (Å²) in [6.45, 7) is 9.44. The van der Waals surface area contributed by atoms with Crippen LogP contribution < -0.4 is 10.7 Å². The van der Waals surface area contributed by atoms with Crippen LogP contribution in [-0.4, -0.2) is 9.97 Å². The van der Waals surface area contributed by atoms with Crippen molar-refractivity contribution < 1.29 is 13.2 Å². The van der Waals surface area contributed by atoms with Crippen molar-refractivity contribution in [3.8, 4) is 28.4 Å². The largest absolute Gasteiger partial charge is 0.433 e. The number of alkyl halides is 3. The molecule has 204 valence electrons. The Morgan fingerprint density at radius 2 is 1.21 bits per heavy atom. The van der Waals surface area contributed by atoms with Crippen LogP contribution in [0.2, 0.25) is 0 Å². The zero-order valence-electron chi connectivity index (χ0n) is 22.4. The zero-order valence-corrected chi connectivity index (χ0v) is 22.4. The van der Waals surface area contributed by atoms with Gasteiger partial charge in [0.05, 0.1) is 10.5 Å². The van der Waals surface area contributed by atoms with Gasteiger partial charge in [-0.25, -0.2) is 0 Å². The molecule has 2 heterocycles. The van der Waals surface area contributed by atoms with E-state index in [1.165, 1.54) is 6.07 Å². The number of hydrogen-bond acceptors (Lipinski definition) is 5. The van der Waals surface area contributed by atoms with E-state index in [0.717, 1.165) is 66.8 Å². The summed E-state index contributed by atoms with van der Waals surface area (Å²) in [4.78, 5) is 15.2. The van der Waals surface area contributed by atoms with Crippen LogP contribution in [0.1, 0.15) is 11.4 Å². The monoisotopic (exact) mass is 566 g/mol. The minimum Gasteiger partial charge on any atom is -0.262 e. The molecule has 0 radical (unpaired) electrons. The molecule has 9 heteroatoms. The summed E-state index contributed by atoms with van der Waals surface area (Å²) in [5.41, 5.74) is 2.77. The number of hydrogen-bond donors (Lipinski definition) is 0. The molecule has 0 bridgehead atoms. The summed E-state index contributed by atoms with van der Waals surface area (Å²) in [6.07, 6.45) is 0.202. The Kier molecular flexibility index (Phi) is 5.79. The second-order valence-electron chi connectivity index (χ2n) is 10.2. The third-order valence-electron chi connectivity index (χ3n) is 7.72. The highest BCUT2D eigenvalue weighted by Gasteiger charge is 2.32. The third kappa shape index (κ3) is 4.18. The molecular weight excluding hydrogens is 549 g/mol. The normalized spacial score (nSPS) is 12.9. The number of fused-ring (bicyclic) bond motifs is 6. The molecule has 6 nitrogen and oxygen atoms in total. The van der Waals surface area contributed by atoms with E-state index in [1.807, 2.05) is 61.6 Å². The van der Waals surface area contributed by atoms with E-state index in [-0.39, 0.29) is 0 Å². The fraction of sp³-hybridized carbons (Fsp3) is 0.0588. The van der Waals surface area contributed by atoms with E-state index in [4.69, 9.17) is 6.57 Å². The minimum absolute atomic E-state index is 0.348. The first kappa shape index (κ1) is 26.0. The lowest BCUT2D eigenvalue weighted by Crippen LogP contribution is -2.07. The number of nitriles is 1. The highest BCUT2D eigenvalue weighted by Crippen LogP contribution is 2.36. The van der Waals surface area contributed by atoms with Crippen molar-refractivity contribution in [3.05, 3.63) is 119 Å². The fourth-order valence-corrected chi connectivity index (χ4v) is 5.85. The quantitative estimate of drug-likeness (QED) is 0.122. The van der Waals surface area contributed by atoms with E-state index in [0.29, 0.717) is 27.2 Å². The van der Waals surface area contributed by atoms with Gasteiger partial charge in [0.15, 0.2) is 5.36 Å². The van der Waals surface area contributed by atoms with Gasteiger partial charge in [-0.1, -0.05) is 24.3 Å². The van der Waals surface area contributed by atoms with Crippen molar-refractivity contribution in [1.82, 2.24) is 9.97 Å². The van der Waals surface area contributed by atoms with Gasteiger partial charge in [0.25, 0.3) is 0 Å². The van der Waals surface area contributed by atoms with Crippen LogP contribution in [0, 0.1) is 25.0 Å². The van der Waals surface area contributed by atoms with Gasteiger partial charge in [-0.15, -0.1) is 4.95 Å². The van der Waals surface area contributed by atoms with Crippen LogP contribution in [0.15, 0.2) is 95.3 Å². The van der Waals surface area contributed by atoms with E-state index >= 15 is 0 Å². The molecule has 2 aromatic heterocycles. The lowest BCUT2D eigenvalue weighted by Gasteiger charge is -2.08. The Morgan fingerprint density at radius 1 is 0.674 bits per heavy atom. The smallest absolute Gasteiger partial charge is 0.262 e. The molecule has 0 atom stereocenters. The lowest BCUT2D eigenvalue weighted by molar-refractivity contribution is -0.141. The Morgan fingerprint density at radius 3 is 1.79 bits per heavy atom. The van der Waals surface area contributed by atoms with Gasteiger partial charge in [-0.3, -0.25) is 9.97 Å². The maximum atomic E-state index is 13.3. The molecule has 0 saturated heterocycles. The molecular formula is C34H17F3N6. The predicted octanol–water partition coefficient (Wildman–Crippen LogP) is 7.74. The predicted molar refractivity (Wildman–Crippen MR) is 158 cm³/mol. The summed E-state index contributed by atoms with van der Waals surface area (Å²) < 4.78 is 40.0. The van der Waals surface area contributed by atoms with Crippen molar-refractivity contribution in [2.24, 2.45) is 10.1 Å². The average molecular weight is 567 g/mol. The van der Waals surface area contributed by atoms with E-state index in [1.54, 1.807) is 18.3 Å². The summed E-state index contributed by atoms with van der Waals surface area (Å²) in [5.74, 6) is 0. The highest BCUT2D eigenvalue weighted by atomic mass is 19.4. The van der Waals surface area contributed by atoms with Gasteiger partial charge < -0.3 is 0 Å². The number of benzene rings is 3. The van der Waals surface area contributed by atoms with Crippen LogP contribution >= 0.6 is 0 Å². The number of nitrogens with zero attached hydrogens (tertiary/aromatic N) is 6. The molecule has 0 aliphatic rings. The molecule has 0 spiro atoms. The topological polar surface area (TPSA) is 78.6 Å². The van der Waals surface area contributed by atoms with Crippen molar-refractivity contribution in [2.75, 3.05) is 0 Å². The first-order valence-electron chi connectivity index (χ1n) is 13.1. The Labute approximate surface area is 241 Å². The third-order valence-corrected chi connectivity index (χ3v) is 7.72. The van der Waals surface area contributed by atoms with E-state index in [2.05, 4.69) is 25.0 Å². The van der Waals surface area contributed by atoms with Gasteiger partial charge in [0, 0.05) is 39.6 Å². The average Bonchev–Trinajstić information content (AvgIpc) is 3.47. The van der Waals surface area contributed by atoms with Crippen molar-refractivity contribution in [1.29, 1.82) is 5.26 Å².